The second kappa shape index (κ2) is 9.52. The molecule has 0 aromatic rings. The molecule has 24 heavy (non-hydrogen) atoms. The summed E-state index contributed by atoms with van der Waals surface area (Å²) < 4.78 is 16.9. The standard InChI is InChI=1S/C19H32O5/c1-4-7-8-14(19(21)23-6-3)11-15(20)18-13-9-10-16(24-18)17(12-13)22-5-2/h13-14,16-18H,4-12H2,1-3H3. The van der Waals surface area contributed by atoms with Gasteiger partial charge in [-0.3, -0.25) is 9.59 Å². The van der Waals surface area contributed by atoms with E-state index >= 15 is 0 Å². The summed E-state index contributed by atoms with van der Waals surface area (Å²) in [7, 11) is 0. The molecule has 0 radical (unpaired) electrons. The molecule has 5 atom stereocenters. The van der Waals surface area contributed by atoms with E-state index in [-0.39, 0.29) is 48.3 Å². The van der Waals surface area contributed by atoms with Crippen LogP contribution in [-0.4, -0.2) is 43.3 Å². The lowest BCUT2D eigenvalue weighted by atomic mass is 9.76. The third kappa shape index (κ3) is 4.79. The van der Waals surface area contributed by atoms with Gasteiger partial charge in [0.25, 0.3) is 0 Å². The number of hydrogen-bond donors (Lipinski definition) is 0. The Labute approximate surface area is 145 Å². The van der Waals surface area contributed by atoms with Gasteiger partial charge in [-0.2, -0.15) is 0 Å². The number of carbonyl (C=O) groups is 2. The molecule has 2 bridgehead atoms. The first-order chi connectivity index (χ1) is 11.6. The maximum absolute atomic E-state index is 12.8. The molecule has 0 N–H and O–H groups in total. The van der Waals surface area contributed by atoms with Gasteiger partial charge in [-0.1, -0.05) is 19.8 Å². The van der Waals surface area contributed by atoms with Crippen molar-refractivity contribution in [2.45, 2.75) is 84.0 Å². The van der Waals surface area contributed by atoms with E-state index < -0.39 is 0 Å². The van der Waals surface area contributed by atoms with E-state index in [9.17, 15) is 9.59 Å². The lowest BCUT2D eigenvalue weighted by Gasteiger charge is -2.46. The Balaban J connectivity index is 1.94. The molecule has 5 nitrogen and oxygen atoms in total. The van der Waals surface area contributed by atoms with Crippen molar-refractivity contribution in [3.63, 3.8) is 0 Å². The van der Waals surface area contributed by atoms with Crippen LogP contribution in [0.15, 0.2) is 0 Å². The average molecular weight is 340 g/mol. The molecule has 3 fully saturated rings. The van der Waals surface area contributed by atoms with E-state index in [1.165, 1.54) is 0 Å². The molecule has 2 aliphatic heterocycles. The summed E-state index contributed by atoms with van der Waals surface area (Å²) in [6, 6.07) is 0. The largest absolute Gasteiger partial charge is 0.466 e. The third-order valence-corrected chi connectivity index (χ3v) is 5.19. The maximum atomic E-state index is 12.8. The van der Waals surface area contributed by atoms with E-state index in [0.717, 1.165) is 32.1 Å². The molecule has 3 rings (SSSR count). The summed E-state index contributed by atoms with van der Waals surface area (Å²) in [5.74, 6) is -0.279. The van der Waals surface area contributed by atoms with Crippen molar-refractivity contribution in [1.82, 2.24) is 0 Å². The van der Waals surface area contributed by atoms with Crippen LogP contribution in [0.4, 0.5) is 0 Å². The third-order valence-electron chi connectivity index (χ3n) is 5.19. The van der Waals surface area contributed by atoms with Crippen LogP contribution in [0.3, 0.4) is 0 Å². The molecule has 3 aliphatic rings. The lowest BCUT2D eigenvalue weighted by molar-refractivity contribution is -0.197. The molecule has 5 unspecified atom stereocenters. The quantitative estimate of drug-likeness (QED) is 0.571. The molecular formula is C19H32O5. The van der Waals surface area contributed by atoms with Gasteiger partial charge in [-0.25, -0.2) is 0 Å². The number of hydrogen-bond acceptors (Lipinski definition) is 5. The topological polar surface area (TPSA) is 61.8 Å². The first kappa shape index (κ1) is 19.4. The zero-order valence-corrected chi connectivity index (χ0v) is 15.3. The van der Waals surface area contributed by atoms with Crippen molar-refractivity contribution in [1.29, 1.82) is 0 Å². The van der Waals surface area contributed by atoms with Crippen LogP contribution in [0.1, 0.15) is 65.7 Å². The summed E-state index contributed by atoms with van der Waals surface area (Å²) in [6.45, 7) is 6.91. The Morgan fingerprint density at radius 3 is 2.54 bits per heavy atom. The predicted molar refractivity (Wildman–Crippen MR) is 90.7 cm³/mol. The first-order valence-electron chi connectivity index (χ1n) is 9.57. The Hall–Kier alpha value is -0.940. The van der Waals surface area contributed by atoms with Crippen LogP contribution in [0, 0.1) is 11.8 Å². The first-order valence-corrected chi connectivity index (χ1v) is 9.57. The number of unbranched alkanes of at least 4 members (excludes halogenated alkanes) is 1. The van der Waals surface area contributed by atoms with Gasteiger partial charge in [-0.05, 0) is 45.4 Å². The number of ketones is 1. The smallest absolute Gasteiger partial charge is 0.309 e. The highest BCUT2D eigenvalue weighted by Crippen LogP contribution is 2.40. The molecule has 0 aromatic heterocycles. The van der Waals surface area contributed by atoms with Crippen molar-refractivity contribution in [3.05, 3.63) is 0 Å². The summed E-state index contributed by atoms with van der Waals surface area (Å²) >= 11 is 0. The van der Waals surface area contributed by atoms with Crippen molar-refractivity contribution >= 4 is 11.8 Å². The van der Waals surface area contributed by atoms with E-state index in [1.807, 2.05) is 6.92 Å². The molecule has 2 saturated heterocycles. The van der Waals surface area contributed by atoms with Crippen LogP contribution in [0.25, 0.3) is 0 Å². The highest BCUT2D eigenvalue weighted by Gasteiger charge is 2.46. The predicted octanol–water partition coefficient (Wildman–Crippen LogP) is 3.29. The van der Waals surface area contributed by atoms with Gasteiger partial charge in [-0.15, -0.1) is 0 Å². The zero-order chi connectivity index (χ0) is 17.5. The second-order valence-corrected chi connectivity index (χ2v) is 6.92. The van der Waals surface area contributed by atoms with Gasteiger partial charge in [0.05, 0.1) is 24.7 Å². The monoisotopic (exact) mass is 340 g/mol. The van der Waals surface area contributed by atoms with E-state index in [1.54, 1.807) is 6.92 Å². The molecule has 5 heteroatoms. The van der Waals surface area contributed by atoms with Crippen LogP contribution in [0.2, 0.25) is 0 Å². The van der Waals surface area contributed by atoms with Gasteiger partial charge >= 0.3 is 5.97 Å². The van der Waals surface area contributed by atoms with E-state index in [0.29, 0.717) is 19.6 Å². The molecule has 0 spiro atoms. The Bertz CT molecular complexity index is 422. The second-order valence-electron chi connectivity index (χ2n) is 6.92. The molecule has 1 saturated carbocycles. The van der Waals surface area contributed by atoms with Crippen LogP contribution in [0.5, 0.6) is 0 Å². The van der Waals surface area contributed by atoms with Gasteiger partial charge < -0.3 is 14.2 Å². The van der Waals surface area contributed by atoms with Crippen LogP contribution in [-0.2, 0) is 23.8 Å². The summed E-state index contributed by atoms with van der Waals surface area (Å²) in [5.41, 5.74) is 0. The van der Waals surface area contributed by atoms with Crippen molar-refractivity contribution < 1.29 is 23.8 Å². The molecular weight excluding hydrogens is 308 g/mol. The molecule has 0 aromatic carbocycles. The number of carbonyl (C=O) groups excluding carboxylic acids is 2. The summed E-state index contributed by atoms with van der Waals surface area (Å²) in [4.78, 5) is 24.9. The number of esters is 1. The fraction of sp³-hybridized carbons (Fsp3) is 0.895. The van der Waals surface area contributed by atoms with E-state index in [2.05, 4.69) is 6.92 Å². The lowest BCUT2D eigenvalue weighted by Crippen LogP contribution is -2.53. The van der Waals surface area contributed by atoms with Crippen molar-refractivity contribution in [2.75, 3.05) is 13.2 Å². The minimum Gasteiger partial charge on any atom is -0.466 e. The number of Topliss-reactive ketones (excluding diaryl/α,β-unsaturated/α-hetero) is 1. The van der Waals surface area contributed by atoms with E-state index in [4.69, 9.17) is 14.2 Å². The molecule has 138 valence electrons. The zero-order valence-electron chi connectivity index (χ0n) is 15.3. The van der Waals surface area contributed by atoms with Crippen molar-refractivity contribution in [2.24, 2.45) is 11.8 Å². The van der Waals surface area contributed by atoms with Gasteiger partial charge in [0, 0.05) is 13.0 Å². The Morgan fingerprint density at radius 1 is 1.17 bits per heavy atom. The van der Waals surface area contributed by atoms with Gasteiger partial charge in [0.2, 0.25) is 0 Å². The fourth-order valence-corrected chi connectivity index (χ4v) is 3.96. The molecule has 1 aliphatic carbocycles. The minimum atomic E-state index is -0.362. The minimum absolute atomic E-state index is 0.0283. The molecule has 0 amide bonds. The normalized spacial score (nSPS) is 30.1. The fourth-order valence-electron chi connectivity index (χ4n) is 3.96. The van der Waals surface area contributed by atoms with Gasteiger partial charge in [0.1, 0.15) is 6.10 Å². The summed E-state index contributed by atoms with van der Waals surface area (Å²) in [6.07, 6.45) is 5.56. The van der Waals surface area contributed by atoms with Gasteiger partial charge in [0.15, 0.2) is 5.78 Å². The number of ether oxygens (including phenoxy) is 3. The Morgan fingerprint density at radius 2 is 1.96 bits per heavy atom. The summed E-state index contributed by atoms with van der Waals surface area (Å²) in [5, 5.41) is 0. The highest BCUT2D eigenvalue weighted by atomic mass is 16.6. The SMILES string of the molecule is CCCCC(CC(=O)C1OC2CCC1CC2OCC)C(=O)OCC. The maximum Gasteiger partial charge on any atom is 0.309 e. The van der Waals surface area contributed by atoms with Crippen LogP contribution < -0.4 is 0 Å². The highest BCUT2D eigenvalue weighted by molar-refractivity contribution is 5.88. The Kier molecular flexibility index (Phi) is 7.69. The van der Waals surface area contributed by atoms with Crippen LogP contribution >= 0.6 is 0 Å². The van der Waals surface area contributed by atoms with Crippen molar-refractivity contribution in [3.8, 4) is 0 Å². The molecule has 2 heterocycles. The average Bonchev–Trinajstić information content (AvgIpc) is 2.59. The number of fused-ring (bicyclic) bond motifs is 3. The number of rotatable bonds is 10.